The summed E-state index contributed by atoms with van der Waals surface area (Å²) in [7, 11) is -3.24. The smallest absolute Gasteiger partial charge is 0.224 e. The zero-order valence-electron chi connectivity index (χ0n) is 14.4. The zero-order valence-corrected chi connectivity index (χ0v) is 16.1. The second-order valence-corrected chi connectivity index (χ2v) is 9.67. The molecule has 1 amide bonds. The number of thiazole rings is 1. The van der Waals surface area contributed by atoms with Crippen molar-refractivity contribution in [2.75, 3.05) is 25.9 Å². The van der Waals surface area contributed by atoms with Gasteiger partial charge in [0.1, 0.15) is 0 Å². The van der Waals surface area contributed by atoms with Crippen molar-refractivity contribution in [1.82, 2.24) is 14.6 Å². The molecule has 1 aliphatic heterocycles. The van der Waals surface area contributed by atoms with Gasteiger partial charge in [0.2, 0.25) is 15.9 Å². The fourth-order valence-corrected chi connectivity index (χ4v) is 4.97. The summed E-state index contributed by atoms with van der Waals surface area (Å²) in [6.45, 7) is 3.33. The van der Waals surface area contributed by atoms with Gasteiger partial charge in [-0.05, 0) is 25.0 Å². The molecule has 8 heteroatoms. The predicted octanol–water partition coefficient (Wildman–Crippen LogP) is 2.19. The molecule has 2 heterocycles. The lowest BCUT2D eigenvalue weighted by Crippen LogP contribution is -2.45. The topological polar surface area (TPSA) is 79.4 Å². The number of nitrogens with one attached hydrogen (secondary N) is 1. The quantitative estimate of drug-likeness (QED) is 0.861. The first-order valence-electron chi connectivity index (χ1n) is 8.43. The van der Waals surface area contributed by atoms with Crippen LogP contribution in [0.4, 0.5) is 0 Å². The van der Waals surface area contributed by atoms with Crippen molar-refractivity contribution >= 4 is 37.5 Å². The third kappa shape index (κ3) is 4.37. The molecule has 2 aromatic rings. The highest BCUT2D eigenvalue weighted by Gasteiger charge is 2.30. The third-order valence-corrected chi connectivity index (χ3v) is 7.08. The van der Waals surface area contributed by atoms with Crippen LogP contribution < -0.4 is 5.32 Å². The van der Waals surface area contributed by atoms with Crippen LogP contribution in [0.2, 0.25) is 0 Å². The molecule has 0 bridgehead atoms. The molecule has 0 spiro atoms. The first-order valence-corrected chi connectivity index (χ1v) is 11.1. The highest BCUT2D eigenvalue weighted by atomic mass is 32.2. The van der Waals surface area contributed by atoms with Crippen LogP contribution >= 0.6 is 11.3 Å². The molecule has 1 aliphatic rings. The summed E-state index contributed by atoms with van der Waals surface area (Å²) in [6, 6.07) is 7.99. The van der Waals surface area contributed by atoms with E-state index in [1.165, 1.54) is 10.6 Å². The number of fused-ring (bicyclic) bond motifs is 1. The molecule has 0 radical (unpaired) electrons. The maximum Gasteiger partial charge on any atom is 0.224 e. The molecule has 2 atom stereocenters. The second-order valence-electron chi connectivity index (χ2n) is 6.63. The van der Waals surface area contributed by atoms with Gasteiger partial charge in [-0.1, -0.05) is 19.1 Å². The van der Waals surface area contributed by atoms with Crippen molar-refractivity contribution in [3.05, 3.63) is 29.3 Å². The predicted molar refractivity (Wildman–Crippen MR) is 100 cm³/mol. The van der Waals surface area contributed by atoms with E-state index in [0.717, 1.165) is 28.1 Å². The number of rotatable bonds is 5. The van der Waals surface area contributed by atoms with E-state index in [1.54, 1.807) is 11.3 Å². The Labute approximate surface area is 152 Å². The van der Waals surface area contributed by atoms with Gasteiger partial charge in [-0.25, -0.2) is 17.7 Å². The van der Waals surface area contributed by atoms with Gasteiger partial charge in [-0.3, -0.25) is 4.79 Å². The largest absolute Gasteiger partial charge is 0.355 e. The standard InChI is InChI=1S/C17H23N3O3S2/c1-12(17-19-14-7-3-4-8-15(14)24-17)10-18-16(21)13-6-5-9-20(11-13)25(2,22)23/h3-4,7-8,12-13H,5-6,9-11H2,1-2H3,(H,18,21). The van der Waals surface area contributed by atoms with Gasteiger partial charge in [-0.15, -0.1) is 11.3 Å². The minimum absolute atomic E-state index is 0.0682. The number of amides is 1. The molecule has 0 saturated carbocycles. The summed E-state index contributed by atoms with van der Waals surface area (Å²) in [5.74, 6) is -0.219. The number of carbonyl (C=O) groups is 1. The summed E-state index contributed by atoms with van der Waals surface area (Å²) in [5, 5.41) is 3.98. The summed E-state index contributed by atoms with van der Waals surface area (Å²) in [5.41, 5.74) is 0.983. The average molecular weight is 382 g/mol. The molecule has 6 nitrogen and oxygen atoms in total. The summed E-state index contributed by atoms with van der Waals surface area (Å²) in [4.78, 5) is 17.1. The van der Waals surface area contributed by atoms with Crippen LogP contribution in [0.25, 0.3) is 10.2 Å². The van der Waals surface area contributed by atoms with E-state index >= 15 is 0 Å². The van der Waals surface area contributed by atoms with Gasteiger partial charge in [0, 0.05) is 25.6 Å². The van der Waals surface area contributed by atoms with Crippen LogP contribution in [0, 0.1) is 5.92 Å². The Bertz CT molecular complexity index is 830. The summed E-state index contributed by atoms with van der Waals surface area (Å²) in [6.07, 6.45) is 2.65. The Morgan fingerprint density at radius 3 is 2.92 bits per heavy atom. The number of sulfonamides is 1. The van der Waals surface area contributed by atoms with E-state index in [1.807, 2.05) is 31.2 Å². The Balaban J connectivity index is 1.58. The molecule has 1 fully saturated rings. The van der Waals surface area contributed by atoms with Gasteiger partial charge in [0.15, 0.2) is 0 Å². The molecule has 1 aromatic heterocycles. The Morgan fingerprint density at radius 2 is 2.20 bits per heavy atom. The van der Waals surface area contributed by atoms with Gasteiger partial charge in [0.05, 0.1) is 27.4 Å². The molecule has 1 saturated heterocycles. The van der Waals surface area contributed by atoms with Crippen LogP contribution in [-0.2, 0) is 14.8 Å². The molecule has 25 heavy (non-hydrogen) atoms. The number of benzene rings is 1. The van der Waals surface area contributed by atoms with Crippen LogP contribution in [0.5, 0.6) is 0 Å². The van der Waals surface area contributed by atoms with Crippen LogP contribution in [-0.4, -0.2) is 49.5 Å². The number of hydrogen-bond acceptors (Lipinski definition) is 5. The molecular weight excluding hydrogens is 358 g/mol. The molecule has 1 aromatic carbocycles. The minimum atomic E-state index is -3.24. The number of carbonyl (C=O) groups excluding carboxylic acids is 1. The van der Waals surface area contributed by atoms with Crippen molar-refractivity contribution in [3.8, 4) is 0 Å². The SMILES string of the molecule is CC(CNC(=O)C1CCCN(S(C)(=O)=O)C1)c1nc2ccccc2s1. The third-order valence-electron chi connectivity index (χ3n) is 4.54. The monoisotopic (exact) mass is 381 g/mol. The van der Waals surface area contributed by atoms with E-state index < -0.39 is 10.0 Å². The van der Waals surface area contributed by atoms with Crippen LogP contribution in [0.1, 0.15) is 30.7 Å². The highest BCUT2D eigenvalue weighted by molar-refractivity contribution is 7.88. The zero-order chi connectivity index (χ0) is 18.0. The fourth-order valence-electron chi connectivity index (χ4n) is 3.04. The summed E-state index contributed by atoms with van der Waals surface area (Å²) >= 11 is 1.65. The lowest BCUT2D eigenvalue weighted by molar-refractivity contribution is -0.126. The first-order chi connectivity index (χ1) is 11.8. The number of para-hydroxylation sites is 1. The van der Waals surface area contributed by atoms with E-state index in [2.05, 4.69) is 10.3 Å². The van der Waals surface area contributed by atoms with E-state index in [9.17, 15) is 13.2 Å². The molecule has 3 rings (SSSR count). The van der Waals surface area contributed by atoms with Gasteiger partial charge in [0.25, 0.3) is 0 Å². The molecule has 0 aliphatic carbocycles. The lowest BCUT2D eigenvalue weighted by atomic mass is 9.98. The number of nitrogens with zero attached hydrogens (tertiary/aromatic N) is 2. The molecule has 2 unspecified atom stereocenters. The highest BCUT2D eigenvalue weighted by Crippen LogP contribution is 2.27. The van der Waals surface area contributed by atoms with Gasteiger partial charge < -0.3 is 5.32 Å². The number of piperidine rings is 1. The number of aromatic nitrogens is 1. The molecular formula is C17H23N3O3S2. The van der Waals surface area contributed by atoms with Crippen LogP contribution in [0.15, 0.2) is 24.3 Å². The van der Waals surface area contributed by atoms with Crippen molar-refractivity contribution in [2.45, 2.75) is 25.7 Å². The average Bonchev–Trinajstić information content (AvgIpc) is 3.03. The molecule has 1 N–H and O–H groups in total. The Morgan fingerprint density at radius 1 is 1.44 bits per heavy atom. The van der Waals surface area contributed by atoms with Crippen molar-refractivity contribution in [1.29, 1.82) is 0 Å². The maximum atomic E-state index is 12.4. The van der Waals surface area contributed by atoms with Crippen molar-refractivity contribution in [2.24, 2.45) is 5.92 Å². The lowest BCUT2D eigenvalue weighted by Gasteiger charge is -2.30. The minimum Gasteiger partial charge on any atom is -0.355 e. The van der Waals surface area contributed by atoms with E-state index in [-0.39, 0.29) is 24.3 Å². The Kier molecular flexibility index (Phi) is 5.41. The maximum absolute atomic E-state index is 12.4. The van der Waals surface area contributed by atoms with Crippen molar-refractivity contribution in [3.63, 3.8) is 0 Å². The second kappa shape index (κ2) is 7.39. The van der Waals surface area contributed by atoms with Gasteiger partial charge in [-0.2, -0.15) is 0 Å². The first kappa shape index (κ1) is 18.3. The van der Waals surface area contributed by atoms with Crippen molar-refractivity contribution < 1.29 is 13.2 Å². The Hall–Kier alpha value is -1.51. The van der Waals surface area contributed by atoms with E-state index in [4.69, 9.17) is 0 Å². The molecule has 136 valence electrons. The summed E-state index contributed by atoms with van der Waals surface area (Å²) < 4.78 is 25.9. The number of hydrogen-bond donors (Lipinski definition) is 1. The normalized spacial score (nSPS) is 20.5. The fraction of sp³-hybridized carbons (Fsp3) is 0.529. The van der Waals surface area contributed by atoms with Gasteiger partial charge >= 0.3 is 0 Å². The van der Waals surface area contributed by atoms with Crippen LogP contribution in [0.3, 0.4) is 0 Å². The van der Waals surface area contributed by atoms with E-state index in [0.29, 0.717) is 13.1 Å².